The lowest BCUT2D eigenvalue weighted by Crippen LogP contribution is -2.04. The highest BCUT2D eigenvalue weighted by Crippen LogP contribution is 2.33. The van der Waals surface area contributed by atoms with Crippen LogP contribution in [0.4, 0.5) is 0 Å². The van der Waals surface area contributed by atoms with Crippen LogP contribution in [-0.2, 0) is 0 Å². The zero-order chi connectivity index (χ0) is 20.2. The van der Waals surface area contributed by atoms with Crippen LogP contribution in [-0.4, -0.2) is 11.7 Å². The molecule has 0 bridgehead atoms. The van der Waals surface area contributed by atoms with E-state index in [1.165, 1.54) is 38.4 Å². The van der Waals surface area contributed by atoms with E-state index in [1.807, 2.05) is 6.08 Å². The van der Waals surface area contributed by atoms with Crippen LogP contribution < -0.4 is 15.1 Å². The van der Waals surface area contributed by atoms with Gasteiger partial charge in [-0.15, -0.1) is 0 Å². The highest BCUT2D eigenvalue weighted by Gasteiger charge is 2.15. The lowest BCUT2D eigenvalue weighted by atomic mass is 10.1. The molecule has 0 saturated heterocycles. The van der Waals surface area contributed by atoms with E-state index in [1.54, 1.807) is 18.2 Å². The highest BCUT2D eigenvalue weighted by atomic mass is 16.5. The molecule has 0 amide bonds. The minimum atomic E-state index is -0.708. The summed E-state index contributed by atoms with van der Waals surface area (Å²) in [6.07, 6.45) is 13.3. The summed E-state index contributed by atoms with van der Waals surface area (Å²) in [7, 11) is 0. The summed E-state index contributed by atoms with van der Waals surface area (Å²) in [6.45, 7) is 4.95. The van der Waals surface area contributed by atoms with Crippen LogP contribution in [0.25, 0.3) is 11.0 Å². The highest BCUT2D eigenvalue weighted by molar-refractivity contribution is 5.86. The van der Waals surface area contributed by atoms with Crippen LogP contribution in [0, 0.1) is 0 Å². The van der Waals surface area contributed by atoms with Gasteiger partial charge in [0, 0.05) is 6.07 Å². The average molecular weight is 389 g/mol. The number of allylic oxidation sites excluding steroid dienone is 1. The Morgan fingerprint density at radius 1 is 1.04 bits per heavy atom. The Morgan fingerprint density at radius 3 is 2.54 bits per heavy atom. The quantitative estimate of drug-likeness (QED) is 0.247. The molecule has 5 nitrogen and oxygen atoms in total. The van der Waals surface area contributed by atoms with E-state index in [0.29, 0.717) is 17.7 Å². The summed E-state index contributed by atoms with van der Waals surface area (Å²) in [6, 6.07) is 5.06. The van der Waals surface area contributed by atoms with E-state index >= 15 is 0 Å². The maximum Gasteiger partial charge on any atom is 0.383 e. The van der Waals surface area contributed by atoms with Gasteiger partial charge >= 0.3 is 5.63 Å². The molecule has 0 unspecified atom stereocenters. The SMILES string of the molecule is CCCCCC/C=C/Oc1c(O)c2ccc(OCCCCCC)cc2oc1=O. The van der Waals surface area contributed by atoms with Gasteiger partial charge in [-0.25, -0.2) is 4.79 Å². The van der Waals surface area contributed by atoms with Crippen LogP contribution >= 0.6 is 0 Å². The zero-order valence-electron chi connectivity index (χ0n) is 17.0. The third-order valence-corrected chi connectivity index (χ3v) is 4.58. The predicted octanol–water partition coefficient (Wildman–Crippen LogP) is 6.32. The van der Waals surface area contributed by atoms with Crippen LogP contribution in [0.3, 0.4) is 0 Å². The lowest BCUT2D eigenvalue weighted by molar-refractivity contribution is 0.305. The van der Waals surface area contributed by atoms with Crippen LogP contribution in [0.15, 0.2) is 39.7 Å². The fourth-order valence-corrected chi connectivity index (χ4v) is 2.93. The minimum Gasteiger partial charge on any atom is -0.504 e. The first-order valence-corrected chi connectivity index (χ1v) is 10.4. The van der Waals surface area contributed by atoms with Gasteiger partial charge in [0.05, 0.1) is 18.3 Å². The molecule has 0 spiro atoms. The molecule has 1 heterocycles. The number of benzene rings is 1. The van der Waals surface area contributed by atoms with Crippen LogP contribution in [0.2, 0.25) is 0 Å². The molecule has 5 heteroatoms. The molecule has 1 N–H and O–H groups in total. The first-order chi connectivity index (χ1) is 13.7. The maximum absolute atomic E-state index is 12.2. The number of ether oxygens (including phenoxy) is 2. The molecule has 0 radical (unpaired) electrons. The number of unbranched alkanes of at least 4 members (excludes halogenated alkanes) is 7. The first-order valence-electron chi connectivity index (χ1n) is 10.4. The van der Waals surface area contributed by atoms with Crippen molar-refractivity contribution in [2.24, 2.45) is 0 Å². The van der Waals surface area contributed by atoms with Gasteiger partial charge in [0.2, 0.25) is 0 Å². The molecule has 0 aliphatic heterocycles. The molecular formula is C23H32O5. The average Bonchev–Trinajstić information content (AvgIpc) is 2.69. The summed E-state index contributed by atoms with van der Waals surface area (Å²) in [4.78, 5) is 12.2. The summed E-state index contributed by atoms with van der Waals surface area (Å²) in [5.74, 6) is 0.217. The number of fused-ring (bicyclic) bond motifs is 1. The van der Waals surface area contributed by atoms with E-state index in [-0.39, 0.29) is 17.1 Å². The lowest BCUT2D eigenvalue weighted by Gasteiger charge is -2.08. The van der Waals surface area contributed by atoms with Crippen molar-refractivity contribution in [3.63, 3.8) is 0 Å². The minimum absolute atomic E-state index is 0.189. The largest absolute Gasteiger partial charge is 0.504 e. The Kier molecular flexibility index (Phi) is 9.46. The van der Waals surface area contributed by atoms with Crippen LogP contribution in [0.5, 0.6) is 17.2 Å². The van der Waals surface area contributed by atoms with E-state index in [9.17, 15) is 9.90 Å². The van der Waals surface area contributed by atoms with Gasteiger partial charge < -0.3 is 19.0 Å². The van der Waals surface area contributed by atoms with Crippen molar-refractivity contribution < 1.29 is 19.0 Å². The summed E-state index contributed by atoms with van der Waals surface area (Å²) in [5.41, 5.74) is -0.426. The second-order valence-electron chi connectivity index (χ2n) is 6.97. The first kappa shape index (κ1) is 21.9. The third kappa shape index (κ3) is 6.63. The number of hydrogen-bond donors (Lipinski definition) is 1. The zero-order valence-corrected chi connectivity index (χ0v) is 17.0. The van der Waals surface area contributed by atoms with Crippen molar-refractivity contribution in [1.29, 1.82) is 0 Å². The van der Waals surface area contributed by atoms with Gasteiger partial charge in [0.25, 0.3) is 5.75 Å². The molecule has 28 heavy (non-hydrogen) atoms. The van der Waals surface area contributed by atoms with Gasteiger partial charge in [0.15, 0.2) is 5.75 Å². The Bertz CT molecular complexity index is 806. The standard InChI is InChI=1S/C23H32O5/c1-3-5-7-9-10-12-16-27-22-21(24)19-14-13-18(17-20(19)28-23(22)25)26-15-11-8-6-4-2/h12-14,16-17,24H,3-11,15H2,1-2H3/b16-12+. The van der Waals surface area contributed by atoms with Crippen molar-refractivity contribution in [3.8, 4) is 17.2 Å². The Balaban J connectivity index is 2.00. The van der Waals surface area contributed by atoms with Gasteiger partial charge in [-0.1, -0.05) is 52.4 Å². The topological polar surface area (TPSA) is 68.9 Å². The summed E-state index contributed by atoms with van der Waals surface area (Å²) < 4.78 is 16.4. The molecule has 154 valence electrons. The number of rotatable bonds is 13. The summed E-state index contributed by atoms with van der Waals surface area (Å²) in [5, 5.41) is 10.8. The molecular weight excluding hydrogens is 356 g/mol. The normalized spacial score (nSPS) is 11.4. The van der Waals surface area contributed by atoms with Gasteiger partial charge in [-0.3, -0.25) is 0 Å². The Hall–Kier alpha value is -2.43. The number of hydrogen-bond acceptors (Lipinski definition) is 5. The second kappa shape index (κ2) is 12.1. The van der Waals surface area contributed by atoms with E-state index in [4.69, 9.17) is 13.9 Å². The van der Waals surface area contributed by atoms with E-state index in [0.717, 1.165) is 25.7 Å². The molecule has 0 atom stereocenters. The molecule has 2 aromatic rings. The molecule has 0 aliphatic carbocycles. The maximum atomic E-state index is 12.2. The predicted molar refractivity (Wildman–Crippen MR) is 112 cm³/mol. The molecule has 1 aromatic heterocycles. The smallest absolute Gasteiger partial charge is 0.383 e. The third-order valence-electron chi connectivity index (χ3n) is 4.58. The van der Waals surface area contributed by atoms with Gasteiger partial charge in [0.1, 0.15) is 11.3 Å². The Labute approximate surface area is 167 Å². The van der Waals surface area contributed by atoms with Crippen molar-refractivity contribution >= 4 is 11.0 Å². The molecule has 0 saturated carbocycles. The monoisotopic (exact) mass is 388 g/mol. The second-order valence-corrected chi connectivity index (χ2v) is 6.97. The fraction of sp³-hybridized carbons (Fsp3) is 0.522. The van der Waals surface area contributed by atoms with Gasteiger partial charge in [-0.2, -0.15) is 0 Å². The Morgan fingerprint density at radius 2 is 1.79 bits per heavy atom. The van der Waals surface area contributed by atoms with Crippen molar-refractivity contribution in [1.82, 2.24) is 0 Å². The molecule has 2 rings (SSSR count). The summed E-state index contributed by atoms with van der Waals surface area (Å²) >= 11 is 0. The molecule has 0 aliphatic rings. The van der Waals surface area contributed by atoms with E-state index < -0.39 is 5.63 Å². The number of aromatic hydroxyl groups is 1. The van der Waals surface area contributed by atoms with Crippen molar-refractivity contribution in [2.75, 3.05) is 6.61 Å². The molecule has 0 fully saturated rings. The fourth-order valence-electron chi connectivity index (χ4n) is 2.93. The molecule has 1 aromatic carbocycles. The van der Waals surface area contributed by atoms with Gasteiger partial charge in [-0.05, 0) is 37.5 Å². The van der Waals surface area contributed by atoms with Crippen molar-refractivity contribution in [2.45, 2.75) is 71.6 Å². The van der Waals surface area contributed by atoms with Crippen LogP contribution in [0.1, 0.15) is 71.6 Å². The van der Waals surface area contributed by atoms with E-state index in [2.05, 4.69) is 13.8 Å². The van der Waals surface area contributed by atoms with Crippen molar-refractivity contribution in [3.05, 3.63) is 41.0 Å².